The van der Waals surface area contributed by atoms with Gasteiger partial charge in [0.05, 0.1) is 11.1 Å². The quantitative estimate of drug-likeness (QED) is 0.693. The number of benzene rings is 1. The molecule has 5 nitrogen and oxygen atoms in total. The van der Waals surface area contributed by atoms with Crippen LogP contribution in [-0.2, 0) is 20.2 Å². The maximum atomic E-state index is 12.4. The van der Waals surface area contributed by atoms with E-state index in [0.29, 0.717) is 18.0 Å². The fraction of sp³-hybridized carbons (Fsp3) is 0.333. The second-order valence-corrected chi connectivity index (χ2v) is 7.81. The van der Waals surface area contributed by atoms with Gasteiger partial charge in [-0.2, -0.15) is 5.10 Å². The van der Waals surface area contributed by atoms with Gasteiger partial charge in [0.2, 0.25) is 0 Å². The van der Waals surface area contributed by atoms with Gasteiger partial charge >= 0.3 is 0 Å². The zero-order chi connectivity index (χ0) is 19.6. The molecule has 0 saturated heterocycles. The fourth-order valence-corrected chi connectivity index (χ4v) is 3.91. The Bertz CT molecular complexity index is 949. The van der Waals surface area contributed by atoms with Gasteiger partial charge in [0.1, 0.15) is 12.4 Å². The van der Waals surface area contributed by atoms with Crippen molar-refractivity contribution in [2.45, 2.75) is 40.8 Å². The summed E-state index contributed by atoms with van der Waals surface area (Å²) in [6.07, 6.45) is 1.79. The number of amides is 1. The Labute approximate surface area is 164 Å². The normalized spacial score (nSPS) is 10.9. The summed E-state index contributed by atoms with van der Waals surface area (Å²) in [7, 11) is 1.89. The van der Waals surface area contributed by atoms with Gasteiger partial charge < -0.3 is 10.1 Å². The average molecular weight is 384 g/mol. The number of carbonyl (C=O) groups excluding carboxylic acids is 1. The highest BCUT2D eigenvalue weighted by molar-refractivity contribution is 7.12. The van der Waals surface area contributed by atoms with E-state index in [1.807, 2.05) is 25.4 Å². The van der Waals surface area contributed by atoms with E-state index < -0.39 is 0 Å². The molecule has 27 heavy (non-hydrogen) atoms. The van der Waals surface area contributed by atoms with Crippen molar-refractivity contribution in [2.75, 3.05) is 0 Å². The topological polar surface area (TPSA) is 56.1 Å². The van der Waals surface area contributed by atoms with E-state index in [-0.39, 0.29) is 5.91 Å². The predicted molar refractivity (Wildman–Crippen MR) is 108 cm³/mol. The highest BCUT2D eigenvalue weighted by atomic mass is 32.1. The van der Waals surface area contributed by atoms with Gasteiger partial charge in [0, 0.05) is 30.4 Å². The first kappa shape index (κ1) is 19.2. The summed E-state index contributed by atoms with van der Waals surface area (Å²) in [6.45, 7) is 9.12. The van der Waals surface area contributed by atoms with Gasteiger partial charge in [-0.15, -0.1) is 11.3 Å². The Hall–Kier alpha value is -2.60. The molecule has 3 aromatic rings. The molecule has 6 heteroatoms. The lowest BCUT2D eigenvalue weighted by atomic mass is 10.1. The Morgan fingerprint density at radius 3 is 2.52 bits per heavy atom. The summed E-state index contributed by atoms with van der Waals surface area (Å²) < 4.78 is 7.82. The molecular formula is C21H25N3O2S. The second kappa shape index (κ2) is 7.96. The van der Waals surface area contributed by atoms with Crippen LogP contribution >= 0.6 is 11.3 Å². The van der Waals surface area contributed by atoms with E-state index in [2.05, 4.69) is 43.3 Å². The number of hydrogen-bond acceptors (Lipinski definition) is 4. The largest absolute Gasteiger partial charge is 0.488 e. The van der Waals surface area contributed by atoms with Crippen LogP contribution in [0.15, 0.2) is 29.8 Å². The monoisotopic (exact) mass is 383 g/mol. The maximum Gasteiger partial charge on any atom is 0.261 e. The van der Waals surface area contributed by atoms with Crippen LogP contribution < -0.4 is 10.1 Å². The Morgan fingerprint density at radius 1 is 1.19 bits per heavy atom. The number of hydrogen-bond donors (Lipinski definition) is 1. The van der Waals surface area contributed by atoms with Gasteiger partial charge in [-0.25, -0.2) is 0 Å². The molecule has 142 valence electrons. The van der Waals surface area contributed by atoms with Crippen LogP contribution in [-0.4, -0.2) is 15.7 Å². The third kappa shape index (κ3) is 4.39. The van der Waals surface area contributed by atoms with Gasteiger partial charge in [0.25, 0.3) is 5.91 Å². The minimum Gasteiger partial charge on any atom is -0.488 e. The summed E-state index contributed by atoms with van der Waals surface area (Å²) in [5.41, 5.74) is 6.58. The Kier molecular flexibility index (Phi) is 5.65. The molecule has 0 aliphatic carbocycles. The van der Waals surface area contributed by atoms with Crippen molar-refractivity contribution >= 4 is 17.2 Å². The smallest absolute Gasteiger partial charge is 0.261 e. The van der Waals surface area contributed by atoms with Crippen LogP contribution in [0.5, 0.6) is 5.75 Å². The molecule has 0 saturated carbocycles. The zero-order valence-electron chi connectivity index (χ0n) is 16.4. The number of aryl methyl sites for hydroxylation is 4. The molecule has 2 aromatic heterocycles. The minimum absolute atomic E-state index is 0.0720. The molecule has 0 unspecified atom stereocenters. The van der Waals surface area contributed by atoms with Gasteiger partial charge in [0.15, 0.2) is 0 Å². The van der Waals surface area contributed by atoms with Crippen molar-refractivity contribution in [1.82, 2.24) is 15.1 Å². The van der Waals surface area contributed by atoms with E-state index in [1.54, 1.807) is 10.9 Å². The van der Waals surface area contributed by atoms with Gasteiger partial charge in [-0.05, 0) is 50.3 Å². The zero-order valence-corrected chi connectivity index (χ0v) is 17.2. The highest BCUT2D eigenvalue weighted by Gasteiger charge is 2.12. The number of carbonyl (C=O) groups is 1. The van der Waals surface area contributed by atoms with Crippen molar-refractivity contribution < 1.29 is 9.53 Å². The van der Waals surface area contributed by atoms with Crippen molar-refractivity contribution in [2.24, 2.45) is 7.05 Å². The Balaban J connectivity index is 1.59. The van der Waals surface area contributed by atoms with E-state index in [4.69, 9.17) is 4.74 Å². The summed E-state index contributed by atoms with van der Waals surface area (Å²) >= 11 is 1.44. The van der Waals surface area contributed by atoms with Crippen LogP contribution in [0.3, 0.4) is 0 Å². The molecule has 1 amide bonds. The number of ether oxygens (including phenoxy) is 1. The number of aromatic nitrogens is 2. The number of nitrogens with one attached hydrogen (secondary N) is 1. The molecule has 0 radical (unpaired) electrons. The van der Waals surface area contributed by atoms with Crippen molar-refractivity contribution in [3.05, 3.63) is 68.2 Å². The van der Waals surface area contributed by atoms with Crippen LogP contribution in [0.2, 0.25) is 0 Å². The lowest BCUT2D eigenvalue weighted by Gasteiger charge is -2.12. The first-order valence-corrected chi connectivity index (χ1v) is 9.77. The predicted octanol–water partition coefficient (Wildman–Crippen LogP) is 4.22. The highest BCUT2D eigenvalue weighted by Crippen LogP contribution is 2.26. The Morgan fingerprint density at radius 2 is 1.89 bits per heavy atom. The number of nitrogens with zero attached hydrogens (tertiary/aromatic N) is 2. The van der Waals surface area contributed by atoms with Crippen LogP contribution in [0.4, 0.5) is 0 Å². The summed E-state index contributed by atoms with van der Waals surface area (Å²) in [4.78, 5) is 13.1. The van der Waals surface area contributed by atoms with Gasteiger partial charge in [-0.1, -0.05) is 17.7 Å². The third-order valence-corrected chi connectivity index (χ3v) is 5.62. The van der Waals surface area contributed by atoms with E-state index in [1.165, 1.54) is 16.9 Å². The second-order valence-electron chi connectivity index (χ2n) is 6.90. The summed E-state index contributed by atoms with van der Waals surface area (Å²) in [5.74, 6) is 0.849. The molecular weight excluding hydrogens is 358 g/mol. The molecule has 0 aliphatic rings. The van der Waals surface area contributed by atoms with Crippen molar-refractivity contribution in [3.63, 3.8) is 0 Å². The number of rotatable bonds is 6. The molecule has 0 atom stereocenters. The van der Waals surface area contributed by atoms with Gasteiger partial charge in [-0.3, -0.25) is 9.48 Å². The average Bonchev–Trinajstić information content (AvgIpc) is 3.20. The molecule has 0 fully saturated rings. The number of thiophene rings is 1. The summed E-state index contributed by atoms with van der Waals surface area (Å²) in [5, 5.41) is 9.13. The van der Waals surface area contributed by atoms with Crippen LogP contribution in [0.1, 0.15) is 43.2 Å². The van der Waals surface area contributed by atoms with E-state index in [0.717, 1.165) is 33.7 Å². The molecule has 0 spiro atoms. The molecule has 2 heterocycles. The lowest BCUT2D eigenvalue weighted by Crippen LogP contribution is -2.22. The first-order chi connectivity index (χ1) is 12.8. The molecule has 0 aliphatic heterocycles. The van der Waals surface area contributed by atoms with Crippen LogP contribution in [0.25, 0.3) is 0 Å². The molecule has 3 rings (SSSR count). The third-order valence-electron chi connectivity index (χ3n) is 4.64. The standard InChI is InChI=1S/C21H25N3O2S/c1-13-6-14(2)20(15(3)7-13)26-11-17-8-19(27-12-17)21(25)22-9-18-10-23-24(5)16(18)4/h6-8,10,12H,9,11H2,1-5H3,(H,22,25). The van der Waals surface area contributed by atoms with E-state index in [9.17, 15) is 4.79 Å². The fourth-order valence-electron chi connectivity index (χ4n) is 3.10. The van der Waals surface area contributed by atoms with Crippen molar-refractivity contribution in [3.8, 4) is 5.75 Å². The summed E-state index contributed by atoms with van der Waals surface area (Å²) in [6, 6.07) is 6.14. The SMILES string of the molecule is Cc1cc(C)c(OCc2csc(C(=O)NCc3cnn(C)c3C)c2)c(C)c1. The maximum absolute atomic E-state index is 12.4. The van der Waals surface area contributed by atoms with E-state index >= 15 is 0 Å². The lowest BCUT2D eigenvalue weighted by molar-refractivity contribution is 0.0955. The molecule has 1 N–H and O–H groups in total. The van der Waals surface area contributed by atoms with Crippen LogP contribution in [0, 0.1) is 27.7 Å². The molecule has 1 aromatic carbocycles. The van der Waals surface area contributed by atoms with Crippen molar-refractivity contribution in [1.29, 1.82) is 0 Å². The minimum atomic E-state index is -0.0720. The molecule has 0 bridgehead atoms. The first-order valence-electron chi connectivity index (χ1n) is 8.89.